The van der Waals surface area contributed by atoms with Gasteiger partial charge in [0.1, 0.15) is 0 Å². The molecule has 1 rings (SSSR count). The zero-order valence-corrected chi connectivity index (χ0v) is 12.7. The summed E-state index contributed by atoms with van der Waals surface area (Å²) in [5.41, 5.74) is 3.48. The molecule has 0 unspecified atom stereocenters. The van der Waals surface area contributed by atoms with Gasteiger partial charge in [0.25, 0.3) is 0 Å². The summed E-state index contributed by atoms with van der Waals surface area (Å²) in [4.78, 5) is 23.8. The number of aryl methyl sites for hydroxylation is 3. The Morgan fingerprint density at radius 1 is 1.21 bits per heavy atom. The molecule has 0 aromatic heterocycles. The number of carbonyl (C=O) groups excluding carboxylic acids is 2. The van der Waals surface area contributed by atoms with Crippen LogP contribution in [0, 0.1) is 20.8 Å². The van der Waals surface area contributed by atoms with E-state index in [2.05, 4.69) is 22.2 Å². The minimum Gasteiger partial charge on any atom is -0.453 e. The molecule has 2 amide bonds. The lowest BCUT2D eigenvalue weighted by molar-refractivity contribution is -0.119. The molecule has 0 spiro atoms. The average Bonchev–Trinajstić information content (AvgIpc) is 2.32. The molecular weight excluding hydrogens is 262 g/mol. The van der Waals surface area contributed by atoms with E-state index in [0.717, 1.165) is 16.0 Å². The fourth-order valence-corrected chi connectivity index (χ4v) is 2.85. The predicted molar refractivity (Wildman–Crippen MR) is 76.5 cm³/mol. The summed E-state index contributed by atoms with van der Waals surface area (Å²) in [5.74, 6) is -0.351. The highest BCUT2D eigenvalue weighted by molar-refractivity contribution is 8.00. The fourth-order valence-electron chi connectivity index (χ4n) is 1.84. The number of methoxy groups -OCH3 is 1. The minimum atomic E-state index is -0.727. The maximum absolute atomic E-state index is 11.8. The largest absolute Gasteiger partial charge is 0.453 e. The molecule has 0 heterocycles. The van der Waals surface area contributed by atoms with Crippen molar-refractivity contribution in [2.24, 2.45) is 0 Å². The highest BCUT2D eigenvalue weighted by atomic mass is 32.2. The first kappa shape index (κ1) is 15.6. The van der Waals surface area contributed by atoms with Crippen molar-refractivity contribution < 1.29 is 14.3 Å². The molecule has 0 aliphatic rings. The smallest absolute Gasteiger partial charge is 0.413 e. The number of hydrogen-bond acceptors (Lipinski definition) is 4. The number of alkyl carbamates (subject to hydrolysis) is 1. The van der Waals surface area contributed by atoms with Gasteiger partial charge in [-0.25, -0.2) is 4.79 Å². The van der Waals surface area contributed by atoms with Crippen LogP contribution in [0.25, 0.3) is 0 Å². The monoisotopic (exact) mass is 281 g/mol. The van der Waals surface area contributed by atoms with E-state index in [9.17, 15) is 9.59 Å². The molecule has 19 heavy (non-hydrogen) atoms. The lowest BCUT2D eigenvalue weighted by atomic mass is 10.1. The van der Waals surface area contributed by atoms with Gasteiger partial charge < -0.3 is 4.74 Å². The van der Waals surface area contributed by atoms with E-state index in [1.807, 2.05) is 20.8 Å². The van der Waals surface area contributed by atoms with Crippen molar-refractivity contribution >= 4 is 23.8 Å². The second-order valence-corrected chi connectivity index (χ2v) is 5.82. The van der Waals surface area contributed by atoms with Crippen LogP contribution in [0.15, 0.2) is 17.0 Å². The van der Waals surface area contributed by atoms with Gasteiger partial charge in [-0.15, -0.1) is 11.8 Å². The molecule has 0 radical (unpaired) electrons. The van der Waals surface area contributed by atoms with Crippen LogP contribution < -0.4 is 5.32 Å². The normalized spacial score (nSPS) is 11.8. The van der Waals surface area contributed by atoms with Crippen LogP contribution in [0.2, 0.25) is 0 Å². The number of rotatable bonds is 3. The van der Waals surface area contributed by atoms with Gasteiger partial charge in [-0.2, -0.15) is 0 Å². The molecule has 104 valence electrons. The molecule has 0 saturated carbocycles. The van der Waals surface area contributed by atoms with E-state index in [1.54, 1.807) is 6.92 Å². The van der Waals surface area contributed by atoms with Crippen LogP contribution >= 0.6 is 11.8 Å². The van der Waals surface area contributed by atoms with Crippen molar-refractivity contribution in [1.82, 2.24) is 5.32 Å². The third kappa shape index (κ3) is 4.28. The number of nitrogens with one attached hydrogen (secondary N) is 1. The summed E-state index contributed by atoms with van der Waals surface area (Å²) in [6, 6.07) is 4.17. The van der Waals surface area contributed by atoms with Crippen LogP contribution in [-0.2, 0) is 9.53 Å². The highest BCUT2D eigenvalue weighted by Crippen LogP contribution is 2.30. The number of ether oxygens (including phenoxy) is 1. The summed E-state index contributed by atoms with van der Waals surface area (Å²) in [5, 5.41) is 1.82. The number of amides is 2. The first-order chi connectivity index (χ1) is 8.85. The van der Waals surface area contributed by atoms with Crippen LogP contribution in [-0.4, -0.2) is 24.4 Å². The molecule has 0 aliphatic heterocycles. The van der Waals surface area contributed by atoms with Crippen LogP contribution in [0.3, 0.4) is 0 Å². The second kappa shape index (κ2) is 6.61. The second-order valence-electron chi connectivity index (χ2n) is 4.47. The van der Waals surface area contributed by atoms with E-state index in [1.165, 1.54) is 24.4 Å². The van der Waals surface area contributed by atoms with Gasteiger partial charge in [-0.05, 0) is 38.8 Å². The Morgan fingerprint density at radius 3 is 2.21 bits per heavy atom. The molecular formula is C14H19NO3S. The van der Waals surface area contributed by atoms with Crippen molar-refractivity contribution in [3.63, 3.8) is 0 Å². The first-order valence-corrected chi connectivity index (χ1v) is 6.86. The van der Waals surface area contributed by atoms with Crippen LogP contribution in [0.5, 0.6) is 0 Å². The molecule has 0 saturated heterocycles. The number of imide groups is 1. The van der Waals surface area contributed by atoms with Gasteiger partial charge in [0.2, 0.25) is 5.91 Å². The topological polar surface area (TPSA) is 55.4 Å². The number of thioether (sulfide) groups is 1. The van der Waals surface area contributed by atoms with Gasteiger partial charge in [-0.1, -0.05) is 17.7 Å². The summed E-state index contributed by atoms with van der Waals surface area (Å²) in [6.45, 7) is 7.85. The number of benzene rings is 1. The van der Waals surface area contributed by atoms with Gasteiger partial charge in [-0.3, -0.25) is 10.1 Å². The lowest BCUT2D eigenvalue weighted by Crippen LogP contribution is -2.35. The average molecular weight is 281 g/mol. The molecule has 1 N–H and O–H groups in total. The Morgan fingerprint density at radius 2 is 1.74 bits per heavy atom. The molecule has 1 aromatic rings. The third-order valence-corrected chi connectivity index (χ3v) is 4.13. The number of hydrogen-bond donors (Lipinski definition) is 1. The van der Waals surface area contributed by atoms with Crippen molar-refractivity contribution in [1.29, 1.82) is 0 Å². The van der Waals surface area contributed by atoms with E-state index >= 15 is 0 Å². The zero-order valence-electron chi connectivity index (χ0n) is 11.9. The molecule has 5 heteroatoms. The minimum absolute atomic E-state index is 0.351. The van der Waals surface area contributed by atoms with Gasteiger partial charge >= 0.3 is 6.09 Å². The molecule has 0 aliphatic carbocycles. The Kier molecular flexibility index (Phi) is 5.42. The molecule has 1 aromatic carbocycles. The van der Waals surface area contributed by atoms with E-state index < -0.39 is 6.09 Å². The standard InChI is InChI=1S/C14H19NO3S/c1-8-6-9(2)12(10(3)7-8)19-11(4)13(16)15-14(17)18-5/h6-7,11H,1-5H3,(H,15,16,17)/t11-/m0/s1. The zero-order chi connectivity index (χ0) is 14.6. The first-order valence-electron chi connectivity index (χ1n) is 5.98. The maximum atomic E-state index is 11.8. The summed E-state index contributed by atoms with van der Waals surface area (Å²) >= 11 is 1.45. The van der Waals surface area contributed by atoms with Gasteiger partial charge in [0.15, 0.2) is 0 Å². The number of carbonyl (C=O) groups is 2. The summed E-state index contributed by atoms with van der Waals surface area (Å²) < 4.78 is 4.40. The van der Waals surface area contributed by atoms with Crippen molar-refractivity contribution in [2.45, 2.75) is 37.8 Å². The van der Waals surface area contributed by atoms with E-state index in [-0.39, 0.29) is 11.2 Å². The predicted octanol–water partition coefficient (Wildman–Crippen LogP) is 2.98. The molecule has 4 nitrogen and oxygen atoms in total. The van der Waals surface area contributed by atoms with Crippen molar-refractivity contribution in [2.75, 3.05) is 7.11 Å². The van der Waals surface area contributed by atoms with Crippen LogP contribution in [0.4, 0.5) is 4.79 Å². The maximum Gasteiger partial charge on any atom is 0.413 e. The van der Waals surface area contributed by atoms with Crippen molar-refractivity contribution in [3.8, 4) is 0 Å². The molecule has 0 fully saturated rings. The Labute approximate surface area is 117 Å². The Balaban J connectivity index is 2.80. The van der Waals surface area contributed by atoms with Crippen molar-refractivity contribution in [3.05, 3.63) is 28.8 Å². The summed E-state index contributed by atoms with van der Waals surface area (Å²) in [7, 11) is 1.23. The Hall–Kier alpha value is -1.49. The van der Waals surface area contributed by atoms with Crippen LogP contribution in [0.1, 0.15) is 23.6 Å². The summed E-state index contributed by atoms with van der Waals surface area (Å²) in [6.07, 6.45) is -0.727. The Bertz CT molecular complexity index is 476. The molecule has 0 bridgehead atoms. The fraction of sp³-hybridized carbons (Fsp3) is 0.429. The van der Waals surface area contributed by atoms with E-state index in [0.29, 0.717) is 0 Å². The van der Waals surface area contributed by atoms with Gasteiger partial charge in [0, 0.05) is 4.90 Å². The third-order valence-electron chi connectivity index (χ3n) is 2.68. The van der Waals surface area contributed by atoms with E-state index in [4.69, 9.17) is 0 Å². The van der Waals surface area contributed by atoms with Gasteiger partial charge in [0.05, 0.1) is 12.4 Å². The highest BCUT2D eigenvalue weighted by Gasteiger charge is 2.19. The lowest BCUT2D eigenvalue weighted by Gasteiger charge is -2.15. The quantitative estimate of drug-likeness (QED) is 0.865. The SMILES string of the molecule is COC(=O)NC(=O)[C@H](C)Sc1c(C)cc(C)cc1C. The molecule has 1 atom stereocenters.